The molecule has 2 aromatic rings. The smallest absolute Gasteiger partial charge is 0.302 e. The summed E-state index contributed by atoms with van der Waals surface area (Å²) in [6, 6.07) is 14.0. The van der Waals surface area contributed by atoms with Gasteiger partial charge in [-0.1, -0.05) is 81.0 Å². The highest BCUT2D eigenvalue weighted by molar-refractivity contribution is 14.1. The van der Waals surface area contributed by atoms with Gasteiger partial charge in [-0.05, 0) is 55.2 Å². The van der Waals surface area contributed by atoms with Gasteiger partial charge >= 0.3 is 5.97 Å². The van der Waals surface area contributed by atoms with Crippen LogP contribution in [0.25, 0.3) is 0 Å². The average Bonchev–Trinajstić information content (AvgIpc) is 2.79. The molecule has 1 fully saturated rings. The van der Waals surface area contributed by atoms with Gasteiger partial charge in [-0.2, -0.15) is 0 Å². The Bertz CT molecular complexity index is 995. The number of ether oxygens (including phenoxy) is 3. The number of ketones is 1. The molecule has 0 radical (unpaired) electrons. The molecule has 3 rings (SSSR count). The third kappa shape index (κ3) is 7.30. The van der Waals surface area contributed by atoms with Gasteiger partial charge in [0.1, 0.15) is 24.2 Å². The summed E-state index contributed by atoms with van der Waals surface area (Å²) < 4.78 is 17.6. The summed E-state index contributed by atoms with van der Waals surface area (Å²) in [4.78, 5) is 23.5. The van der Waals surface area contributed by atoms with Crippen molar-refractivity contribution in [3.8, 4) is 5.75 Å². The van der Waals surface area contributed by atoms with Crippen molar-refractivity contribution in [2.45, 2.75) is 53.7 Å². The largest absolute Gasteiger partial charge is 0.494 e. The fraction of sp³-hybridized carbons (Fsp3) is 0.462. The number of benzene rings is 2. The topological polar surface area (TPSA) is 61.8 Å². The number of carbonyl (C=O) groups excluding carboxylic acids is 2. The minimum Gasteiger partial charge on any atom is -0.494 e. The Morgan fingerprint density at radius 2 is 1.76 bits per heavy atom. The van der Waals surface area contributed by atoms with Gasteiger partial charge in [0.25, 0.3) is 0 Å². The van der Waals surface area contributed by atoms with Gasteiger partial charge in [0.15, 0.2) is 0 Å². The number of alkyl halides is 2. The molecular formula is C26H29ClI2O5. The van der Waals surface area contributed by atoms with E-state index >= 15 is 0 Å². The summed E-state index contributed by atoms with van der Waals surface area (Å²) >= 11 is 11.3. The lowest BCUT2D eigenvalue weighted by atomic mass is 9.83. The van der Waals surface area contributed by atoms with Crippen LogP contribution < -0.4 is 4.74 Å². The normalized spacial score (nSPS) is 24.5. The molecule has 0 amide bonds. The average molecular weight is 711 g/mol. The number of halogens is 3. The van der Waals surface area contributed by atoms with Gasteiger partial charge in [0.05, 0.1) is 16.6 Å². The van der Waals surface area contributed by atoms with Gasteiger partial charge in [-0.3, -0.25) is 4.79 Å². The maximum atomic E-state index is 12.1. The van der Waals surface area contributed by atoms with E-state index in [1.807, 2.05) is 43.3 Å². The molecule has 0 aromatic heterocycles. The molecule has 184 valence electrons. The zero-order valence-corrected chi connectivity index (χ0v) is 24.5. The van der Waals surface area contributed by atoms with E-state index in [0.29, 0.717) is 24.5 Å². The van der Waals surface area contributed by atoms with E-state index in [1.165, 1.54) is 6.92 Å². The zero-order chi connectivity index (χ0) is 24.8. The first-order chi connectivity index (χ1) is 16.2. The maximum Gasteiger partial charge on any atom is 0.302 e. The predicted molar refractivity (Wildman–Crippen MR) is 151 cm³/mol. The molecule has 8 heteroatoms. The van der Waals surface area contributed by atoms with Crippen molar-refractivity contribution in [2.24, 2.45) is 5.92 Å². The third-order valence-corrected chi connectivity index (χ3v) is 10.8. The minimum absolute atomic E-state index is 0.00748. The second-order valence-electron chi connectivity index (χ2n) is 8.46. The third-order valence-electron chi connectivity index (χ3n) is 5.78. The first-order valence-corrected chi connectivity index (χ1v) is 14.1. The van der Waals surface area contributed by atoms with Gasteiger partial charge in [-0.15, -0.1) is 0 Å². The Morgan fingerprint density at radius 3 is 2.38 bits per heavy atom. The zero-order valence-electron chi connectivity index (χ0n) is 19.4. The summed E-state index contributed by atoms with van der Waals surface area (Å²) in [5.41, 5.74) is 3.10. The van der Waals surface area contributed by atoms with Crippen LogP contribution in [-0.2, 0) is 25.5 Å². The van der Waals surface area contributed by atoms with E-state index in [1.54, 1.807) is 6.92 Å². The number of rotatable bonds is 9. The Balaban J connectivity index is 1.89. The molecule has 0 aliphatic carbocycles. The van der Waals surface area contributed by atoms with Crippen LogP contribution in [0.15, 0.2) is 42.5 Å². The van der Waals surface area contributed by atoms with E-state index in [9.17, 15) is 9.59 Å². The summed E-state index contributed by atoms with van der Waals surface area (Å²) in [6.07, 6.45) is 0.538. The molecule has 0 saturated carbocycles. The van der Waals surface area contributed by atoms with Crippen LogP contribution >= 0.6 is 56.8 Å². The molecular weight excluding hydrogens is 682 g/mol. The van der Waals surface area contributed by atoms with Crippen molar-refractivity contribution in [3.63, 3.8) is 0 Å². The van der Waals surface area contributed by atoms with Crippen LogP contribution in [0.5, 0.6) is 5.75 Å². The van der Waals surface area contributed by atoms with Crippen molar-refractivity contribution >= 4 is 68.5 Å². The van der Waals surface area contributed by atoms with E-state index in [0.717, 1.165) is 22.4 Å². The van der Waals surface area contributed by atoms with Gasteiger partial charge in [0.2, 0.25) is 0 Å². The highest BCUT2D eigenvalue weighted by atomic mass is 127. The van der Waals surface area contributed by atoms with Crippen molar-refractivity contribution in [1.82, 2.24) is 0 Å². The van der Waals surface area contributed by atoms with Crippen molar-refractivity contribution in [3.05, 3.63) is 64.2 Å². The lowest BCUT2D eigenvalue weighted by Crippen LogP contribution is -2.48. The summed E-state index contributed by atoms with van der Waals surface area (Å²) in [5, 5.41) is 0.686. The number of hydrogen-bond donors (Lipinski definition) is 0. The van der Waals surface area contributed by atoms with E-state index < -0.39 is 0 Å². The molecule has 0 N–H and O–H groups in total. The van der Waals surface area contributed by atoms with Gasteiger partial charge < -0.3 is 19.0 Å². The molecule has 0 bridgehead atoms. The summed E-state index contributed by atoms with van der Waals surface area (Å²) in [5.74, 6) is 0.650. The minimum atomic E-state index is -0.330. The molecule has 5 unspecified atom stereocenters. The monoisotopic (exact) mass is 710 g/mol. The van der Waals surface area contributed by atoms with Crippen molar-refractivity contribution in [2.75, 3.05) is 13.2 Å². The fourth-order valence-electron chi connectivity index (χ4n) is 4.18. The van der Waals surface area contributed by atoms with Crippen molar-refractivity contribution in [1.29, 1.82) is 0 Å². The second-order valence-corrected chi connectivity index (χ2v) is 11.7. The van der Waals surface area contributed by atoms with Crippen molar-refractivity contribution < 1.29 is 23.8 Å². The van der Waals surface area contributed by atoms with Gasteiger partial charge in [-0.25, -0.2) is 0 Å². The second kappa shape index (κ2) is 12.9. The SMILES string of the molecule is CCOc1ccc(Cc2cc(C3OC(COC(C)=O)C(I)C(I)C3CC(C)=O)ccc2Cl)cc1. The standard InChI is InChI=1S/C26H29ClI2O5/c1-4-32-20-8-5-17(6-9-20)12-19-13-18(7-10-22(19)27)26-21(11-15(2)30)24(28)25(29)23(34-26)14-33-16(3)31/h5-10,13,21,23-26H,4,11-12,14H2,1-3H3. The first-order valence-electron chi connectivity index (χ1n) is 11.3. The number of hydrogen-bond acceptors (Lipinski definition) is 5. The molecule has 1 aliphatic rings. The van der Waals surface area contributed by atoms with Crippen LogP contribution in [0, 0.1) is 5.92 Å². The Morgan fingerprint density at radius 1 is 1.06 bits per heavy atom. The molecule has 2 aromatic carbocycles. The van der Waals surface area contributed by atoms with Crippen LogP contribution in [0.3, 0.4) is 0 Å². The predicted octanol–water partition coefficient (Wildman–Crippen LogP) is 6.54. The van der Waals surface area contributed by atoms with E-state index in [-0.39, 0.29) is 44.3 Å². The molecule has 0 spiro atoms. The highest BCUT2D eigenvalue weighted by Crippen LogP contribution is 2.45. The molecule has 34 heavy (non-hydrogen) atoms. The number of carbonyl (C=O) groups is 2. The fourth-order valence-corrected chi connectivity index (χ4v) is 6.37. The quantitative estimate of drug-likeness (QED) is 0.168. The molecule has 1 aliphatic heterocycles. The number of esters is 1. The highest BCUT2D eigenvalue weighted by Gasteiger charge is 2.44. The lowest BCUT2D eigenvalue weighted by molar-refractivity contribution is -0.151. The Hall–Kier alpha value is -0.910. The van der Waals surface area contributed by atoms with E-state index in [4.69, 9.17) is 25.8 Å². The molecule has 1 heterocycles. The van der Waals surface area contributed by atoms with Crippen LogP contribution in [0.1, 0.15) is 50.0 Å². The van der Waals surface area contributed by atoms with Crippen LogP contribution in [0.2, 0.25) is 5.02 Å². The summed E-state index contributed by atoms with van der Waals surface area (Å²) in [6.45, 7) is 5.80. The van der Waals surface area contributed by atoms with Crippen LogP contribution in [-0.4, -0.2) is 38.9 Å². The summed E-state index contributed by atoms with van der Waals surface area (Å²) in [7, 11) is 0. The Kier molecular flexibility index (Phi) is 10.5. The maximum absolute atomic E-state index is 12.1. The molecule has 5 atom stereocenters. The molecule has 1 saturated heterocycles. The molecule has 5 nitrogen and oxygen atoms in total. The lowest BCUT2D eigenvalue weighted by Gasteiger charge is -2.43. The van der Waals surface area contributed by atoms with Crippen LogP contribution in [0.4, 0.5) is 0 Å². The Labute approximate surface area is 233 Å². The van der Waals surface area contributed by atoms with Gasteiger partial charge in [0, 0.05) is 28.2 Å². The van der Waals surface area contributed by atoms with E-state index in [2.05, 4.69) is 51.2 Å². The first kappa shape index (κ1) is 27.7. The number of Topliss-reactive ketones (excluding diaryl/α,β-unsaturated/α-hetero) is 1.